The van der Waals surface area contributed by atoms with Crippen LogP contribution in [-0.4, -0.2) is 24.7 Å². The highest BCUT2D eigenvalue weighted by atomic mass is 32.2. The van der Waals surface area contributed by atoms with E-state index in [1.807, 2.05) is 55.5 Å². The monoisotopic (exact) mass is 470 g/mol. The standard InChI is InChI=1S/C28H26N2O3S/c1-19(21-15-14-20-8-3-4-9-22(20)16-21)29-28(32)25-12-5-6-13-26(25)34-18-27(31)30-23-10-7-11-24(17-23)33-2/h3-17,19H,18H2,1-2H3,(H,29,32)(H,30,31). The summed E-state index contributed by atoms with van der Waals surface area (Å²) >= 11 is 1.33. The smallest absolute Gasteiger partial charge is 0.252 e. The summed E-state index contributed by atoms with van der Waals surface area (Å²) in [5, 5.41) is 8.26. The summed E-state index contributed by atoms with van der Waals surface area (Å²) in [4.78, 5) is 26.3. The van der Waals surface area contributed by atoms with E-state index in [1.165, 1.54) is 17.1 Å². The zero-order valence-electron chi connectivity index (χ0n) is 19.1. The maximum Gasteiger partial charge on any atom is 0.252 e. The van der Waals surface area contributed by atoms with Crippen LogP contribution in [0, 0.1) is 0 Å². The van der Waals surface area contributed by atoms with E-state index in [0.717, 1.165) is 15.8 Å². The summed E-state index contributed by atoms with van der Waals surface area (Å²) in [6, 6.07) is 28.7. The minimum absolute atomic E-state index is 0.155. The lowest BCUT2D eigenvalue weighted by Crippen LogP contribution is -2.27. The number of methoxy groups -OCH3 is 1. The molecule has 0 radical (unpaired) electrons. The predicted octanol–water partition coefficient (Wildman–Crippen LogP) is 6.07. The van der Waals surface area contributed by atoms with Gasteiger partial charge >= 0.3 is 0 Å². The molecule has 2 N–H and O–H groups in total. The average molecular weight is 471 g/mol. The van der Waals surface area contributed by atoms with Gasteiger partial charge in [0.1, 0.15) is 5.75 Å². The van der Waals surface area contributed by atoms with Crippen LogP contribution in [0.2, 0.25) is 0 Å². The molecule has 172 valence electrons. The van der Waals surface area contributed by atoms with Crippen LogP contribution in [0.5, 0.6) is 5.75 Å². The van der Waals surface area contributed by atoms with Crippen molar-refractivity contribution in [3.8, 4) is 5.75 Å². The largest absolute Gasteiger partial charge is 0.497 e. The molecule has 2 amide bonds. The molecule has 0 spiro atoms. The normalized spacial score (nSPS) is 11.6. The van der Waals surface area contributed by atoms with E-state index in [4.69, 9.17) is 4.74 Å². The molecule has 0 aliphatic heterocycles. The lowest BCUT2D eigenvalue weighted by molar-refractivity contribution is -0.113. The van der Waals surface area contributed by atoms with Crippen molar-refractivity contribution in [3.05, 3.63) is 102 Å². The number of rotatable bonds is 8. The van der Waals surface area contributed by atoms with Crippen LogP contribution in [0.4, 0.5) is 5.69 Å². The van der Waals surface area contributed by atoms with Gasteiger partial charge in [0.05, 0.1) is 24.5 Å². The molecule has 34 heavy (non-hydrogen) atoms. The van der Waals surface area contributed by atoms with Gasteiger partial charge in [-0.15, -0.1) is 11.8 Å². The molecule has 0 heterocycles. The van der Waals surface area contributed by atoms with Crippen molar-refractivity contribution in [1.82, 2.24) is 5.32 Å². The van der Waals surface area contributed by atoms with Crippen molar-refractivity contribution in [1.29, 1.82) is 0 Å². The van der Waals surface area contributed by atoms with Gasteiger partial charge in [0.15, 0.2) is 0 Å². The summed E-state index contributed by atoms with van der Waals surface area (Å²) in [6.45, 7) is 1.97. The first-order valence-electron chi connectivity index (χ1n) is 11.0. The van der Waals surface area contributed by atoms with E-state index in [1.54, 1.807) is 25.3 Å². The molecule has 1 atom stereocenters. The molecule has 0 fully saturated rings. The maximum absolute atomic E-state index is 13.1. The summed E-state index contributed by atoms with van der Waals surface area (Å²) in [5.41, 5.74) is 2.25. The van der Waals surface area contributed by atoms with Gasteiger partial charge < -0.3 is 15.4 Å². The van der Waals surface area contributed by atoms with E-state index >= 15 is 0 Å². The molecule has 4 aromatic rings. The Balaban J connectivity index is 1.40. The number of hydrogen-bond donors (Lipinski definition) is 2. The Hall–Kier alpha value is -3.77. The van der Waals surface area contributed by atoms with E-state index < -0.39 is 0 Å². The maximum atomic E-state index is 13.1. The number of ether oxygens (including phenoxy) is 1. The van der Waals surface area contributed by atoms with Crippen LogP contribution in [0.25, 0.3) is 10.8 Å². The van der Waals surface area contributed by atoms with Crippen molar-refractivity contribution < 1.29 is 14.3 Å². The Morgan fingerprint density at radius 2 is 1.65 bits per heavy atom. The van der Waals surface area contributed by atoms with Crippen molar-refractivity contribution in [2.75, 3.05) is 18.2 Å². The summed E-state index contributed by atoms with van der Waals surface area (Å²) in [7, 11) is 1.58. The molecule has 5 nitrogen and oxygen atoms in total. The molecule has 1 unspecified atom stereocenters. The molecule has 6 heteroatoms. The molecule has 0 aliphatic rings. The number of fused-ring (bicyclic) bond motifs is 1. The van der Waals surface area contributed by atoms with Crippen LogP contribution >= 0.6 is 11.8 Å². The van der Waals surface area contributed by atoms with Gasteiger partial charge in [-0.05, 0) is 53.6 Å². The number of carbonyl (C=O) groups is 2. The van der Waals surface area contributed by atoms with Gasteiger partial charge in [-0.1, -0.05) is 54.6 Å². The van der Waals surface area contributed by atoms with E-state index in [0.29, 0.717) is 17.0 Å². The lowest BCUT2D eigenvalue weighted by Gasteiger charge is -2.16. The minimum Gasteiger partial charge on any atom is -0.497 e. The number of benzene rings is 4. The Labute approximate surface area is 203 Å². The van der Waals surface area contributed by atoms with E-state index in [-0.39, 0.29) is 23.6 Å². The fourth-order valence-electron chi connectivity index (χ4n) is 3.66. The lowest BCUT2D eigenvalue weighted by atomic mass is 10.0. The van der Waals surface area contributed by atoms with Crippen LogP contribution in [0.3, 0.4) is 0 Å². The molecular weight excluding hydrogens is 444 g/mol. The molecule has 4 rings (SSSR count). The van der Waals surface area contributed by atoms with Crippen LogP contribution < -0.4 is 15.4 Å². The Kier molecular flexibility index (Phi) is 7.50. The zero-order valence-corrected chi connectivity index (χ0v) is 19.9. The first-order chi connectivity index (χ1) is 16.5. The molecule has 0 aromatic heterocycles. The first kappa shape index (κ1) is 23.4. The molecular formula is C28H26N2O3S. The van der Waals surface area contributed by atoms with Crippen molar-refractivity contribution in [2.24, 2.45) is 0 Å². The quantitative estimate of drug-likeness (QED) is 0.307. The fraction of sp³-hybridized carbons (Fsp3) is 0.143. The number of amides is 2. The van der Waals surface area contributed by atoms with Crippen molar-refractivity contribution in [3.63, 3.8) is 0 Å². The molecule has 0 saturated carbocycles. The fourth-order valence-corrected chi connectivity index (χ4v) is 4.51. The van der Waals surface area contributed by atoms with Crippen molar-refractivity contribution >= 4 is 40.0 Å². The van der Waals surface area contributed by atoms with Gasteiger partial charge in [0.2, 0.25) is 5.91 Å². The Morgan fingerprint density at radius 1 is 0.882 bits per heavy atom. The third kappa shape index (κ3) is 5.77. The molecule has 0 aliphatic carbocycles. The van der Waals surface area contributed by atoms with Gasteiger partial charge in [-0.3, -0.25) is 9.59 Å². The second kappa shape index (κ2) is 10.9. The molecule has 0 bridgehead atoms. The predicted molar refractivity (Wildman–Crippen MR) is 139 cm³/mol. The highest BCUT2D eigenvalue weighted by molar-refractivity contribution is 8.00. The van der Waals surface area contributed by atoms with Gasteiger partial charge in [-0.2, -0.15) is 0 Å². The highest BCUT2D eigenvalue weighted by Crippen LogP contribution is 2.25. The van der Waals surface area contributed by atoms with Crippen LogP contribution in [0.15, 0.2) is 95.9 Å². The number of hydrogen-bond acceptors (Lipinski definition) is 4. The van der Waals surface area contributed by atoms with Gasteiger partial charge in [-0.25, -0.2) is 0 Å². The van der Waals surface area contributed by atoms with Crippen LogP contribution in [-0.2, 0) is 4.79 Å². The summed E-state index contributed by atoms with van der Waals surface area (Å²) in [6.07, 6.45) is 0. The third-order valence-electron chi connectivity index (χ3n) is 5.47. The number of nitrogens with one attached hydrogen (secondary N) is 2. The number of thioether (sulfide) groups is 1. The number of carbonyl (C=O) groups excluding carboxylic acids is 2. The zero-order chi connectivity index (χ0) is 23.9. The van der Waals surface area contributed by atoms with Gasteiger partial charge in [0.25, 0.3) is 5.91 Å². The SMILES string of the molecule is COc1cccc(NC(=O)CSc2ccccc2C(=O)NC(C)c2ccc3ccccc3c2)c1. The minimum atomic E-state index is -0.169. The summed E-state index contributed by atoms with van der Waals surface area (Å²) < 4.78 is 5.19. The Bertz CT molecular complexity index is 1320. The third-order valence-corrected chi connectivity index (χ3v) is 6.54. The first-order valence-corrected chi connectivity index (χ1v) is 12.0. The average Bonchev–Trinajstić information content (AvgIpc) is 2.87. The summed E-state index contributed by atoms with van der Waals surface area (Å²) in [5.74, 6) is 0.532. The van der Waals surface area contributed by atoms with Crippen LogP contribution in [0.1, 0.15) is 28.9 Å². The van der Waals surface area contributed by atoms with E-state index in [2.05, 4.69) is 34.9 Å². The Morgan fingerprint density at radius 3 is 2.47 bits per heavy atom. The van der Waals surface area contributed by atoms with E-state index in [9.17, 15) is 9.59 Å². The number of anilines is 1. The second-order valence-corrected chi connectivity index (χ2v) is 8.88. The van der Waals surface area contributed by atoms with Gasteiger partial charge in [0, 0.05) is 16.6 Å². The molecule has 4 aromatic carbocycles. The molecule has 0 saturated heterocycles. The topological polar surface area (TPSA) is 67.4 Å². The highest BCUT2D eigenvalue weighted by Gasteiger charge is 2.16. The second-order valence-electron chi connectivity index (χ2n) is 7.87. The van der Waals surface area contributed by atoms with Crippen molar-refractivity contribution in [2.45, 2.75) is 17.9 Å².